The van der Waals surface area contributed by atoms with Crippen LogP contribution in [-0.2, 0) is 17.8 Å². The highest BCUT2D eigenvalue weighted by Gasteiger charge is 2.22. The third kappa shape index (κ3) is 4.78. The van der Waals surface area contributed by atoms with Gasteiger partial charge < -0.3 is 28.8 Å². The van der Waals surface area contributed by atoms with Crippen LogP contribution in [0.15, 0.2) is 65.6 Å². The van der Waals surface area contributed by atoms with Gasteiger partial charge in [0.1, 0.15) is 18.0 Å². The van der Waals surface area contributed by atoms with Gasteiger partial charge in [-0.25, -0.2) is 0 Å². The van der Waals surface area contributed by atoms with Gasteiger partial charge in [-0.15, -0.1) is 0 Å². The van der Waals surface area contributed by atoms with E-state index in [1.807, 2.05) is 19.1 Å². The normalized spacial score (nSPS) is 11.9. The number of carbonyl (C=O) groups is 2. The molecule has 5 rings (SSSR count). The summed E-state index contributed by atoms with van der Waals surface area (Å²) in [5.41, 5.74) is 1.89. The van der Waals surface area contributed by atoms with Crippen LogP contribution in [-0.4, -0.2) is 37.3 Å². The molecule has 9 nitrogen and oxygen atoms in total. The van der Waals surface area contributed by atoms with Crippen LogP contribution in [0.25, 0.3) is 10.9 Å². The molecular formula is C29H26N2O7. The standard InChI is InChI=1S/C29H26N2O7/c1-4-17-5-7-18(8-6-17)28(33)23-14-31(24-13-26-25(37-16-38-26)12-22(24)29(23)34)15-27(32)30-19-9-20(35-2)11-21(10-19)36-3/h5-14H,4,15-16H2,1-3H3,(H,30,32). The van der Waals surface area contributed by atoms with E-state index in [2.05, 4.69) is 5.32 Å². The molecule has 1 N–H and O–H groups in total. The third-order valence-electron chi connectivity index (χ3n) is 6.39. The molecule has 9 heteroatoms. The van der Waals surface area contributed by atoms with Crippen LogP contribution >= 0.6 is 0 Å². The van der Waals surface area contributed by atoms with Crippen molar-refractivity contribution in [3.05, 3.63) is 87.7 Å². The van der Waals surface area contributed by atoms with Crippen molar-refractivity contribution in [1.29, 1.82) is 0 Å². The number of aryl methyl sites for hydroxylation is 1. The number of aromatic nitrogens is 1. The summed E-state index contributed by atoms with van der Waals surface area (Å²) >= 11 is 0. The average Bonchev–Trinajstić information content (AvgIpc) is 3.40. The Labute approximate surface area is 218 Å². The van der Waals surface area contributed by atoms with Gasteiger partial charge in [-0.2, -0.15) is 0 Å². The quantitative estimate of drug-likeness (QED) is 0.352. The number of benzene rings is 3. The van der Waals surface area contributed by atoms with Crippen LogP contribution < -0.4 is 29.7 Å². The molecule has 0 atom stereocenters. The van der Waals surface area contributed by atoms with Crippen molar-refractivity contribution in [3.8, 4) is 23.0 Å². The Morgan fingerprint density at radius 2 is 1.61 bits per heavy atom. The number of ketones is 1. The van der Waals surface area contributed by atoms with E-state index >= 15 is 0 Å². The zero-order valence-corrected chi connectivity index (χ0v) is 21.2. The second-order valence-electron chi connectivity index (χ2n) is 8.75. The average molecular weight is 515 g/mol. The number of hydrogen-bond donors (Lipinski definition) is 1. The van der Waals surface area contributed by atoms with Crippen molar-refractivity contribution in [1.82, 2.24) is 4.57 Å². The minimum absolute atomic E-state index is 0.0214. The molecule has 0 bridgehead atoms. The Kier molecular flexibility index (Phi) is 6.74. The van der Waals surface area contributed by atoms with Gasteiger partial charge in [0.2, 0.25) is 18.1 Å². The summed E-state index contributed by atoms with van der Waals surface area (Å²) in [6.45, 7) is 1.87. The number of hydrogen-bond acceptors (Lipinski definition) is 7. The predicted molar refractivity (Wildman–Crippen MR) is 142 cm³/mol. The van der Waals surface area contributed by atoms with E-state index in [0.29, 0.717) is 39.8 Å². The van der Waals surface area contributed by atoms with Crippen molar-refractivity contribution in [3.63, 3.8) is 0 Å². The lowest BCUT2D eigenvalue weighted by Gasteiger charge is -2.15. The maximum Gasteiger partial charge on any atom is 0.244 e. The number of anilines is 1. The topological polar surface area (TPSA) is 105 Å². The third-order valence-corrected chi connectivity index (χ3v) is 6.39. The van der Waals surface area contributed by atoms with Crippen LogP contribution in [0.1, 0.15) is 28.4 Å². The van der Waals surface area contributed by atoms with Gasteiger partial charge in [0.25, 0.3) is 0 Å². The molecule has 1 aliphatic heterocycles. The van der Waals surface area contributed by atoms with Crippen LogP contribution in [0.5, 0.6) is 23.0 Å². The first-order valence-electron chi connectivity index (χ1n) is 12.0. The Morgan fingerprint density at radius 1 is 0.947 bits per heavy atom. The van der Waals surface area contributed by atoms with Gasteiger partial charge in [0.15, 0.2) is 17.3 Å². The molecule has 0 spiro atoms. The van der Waals surface area contributed by atoms with Crippen molar-refractivity contribution >= 4 is 28.3 Å². The van der Waals surface area contributed by atoms with Gasteiger partial charge >= 0.3 is 0 Å². The van der Waals surface area contributed by atoms with Crippen LogP contribution in [0.3, 0.4) is 0 Å². The van der Waals surface area contributed by atoms with Crippen molar-refractivity contribution in [2.75, 3.05) is 26.3 Å². The van der Waals surface area contributed by atoms with E-state index in [1.165, 1.54) is 20.4 Å². The molecule has 1 aromatic heterocycles. The number of amides is 1. The highest BCUT2D eigenvalue weighted by atomic mass is 16.7. The minimum atomic E-state index is -0.447. The van der Waals surface area contributed by atoms with E-state index in [1.54, 1.807) is 47.0 Å². The number of nitrogens with zero attached hydrogens (tertiary/aromatic N) is 1. The molecule has 1 amide bonds. The number of rotatable bonds is 8. The highest BCUT2D eigenvalue weighted by molar-refractivity contribution is 6.10. The molecule has 3 aromatic carbocycles. The predicted octanol–water partition coefficient (Wildman–Crippen LogP) is 4.18. The second kappa shape index (κ2) is 10.3. The number of ether oxygens (including phenoxy) is 4. The molecule has 4 aromatic rings. The van der Waals surface area contributed by atoms with Gasteiger partial charge in [-0.3, -0.25) is 14.4 Å². The summed E-state index contributed by atoms with van der Waals surface area (Å²) < 4.78 is 23.1. The van der Waals surface area contributed by atoms with Gasteiger partial charge in [0, 0.05) is 41.7 Å². The lowest BCUT2D eigenvalue weighted by atomic mass is 10.0. The van der Waals surface area contributed by atoms with E-state index in [0.717, 1.165) is 12.0 Å². The minimum Gasteiger partial charge on any atom is -0.497 e. The molecule has 1 aliphatic rings. The summed E-state index contributed by atoms with van der Waals surface area (Å²) in [6, 6.07) is 15.4. The molecule has 0 fully saturated rings. The summed E-state index contributed by atoms with van der Waals surface area (Å²) in [5, 5.41) is 3.08. The van der Waals surface area contributed by atoms with Gasteiger partial charge in [-0.05, 0) is 18.1 Å². The van der Waals surface area contributed by atoms with E-state index in [9.17, 15) is 14.4 Å². The first-order chi connectivity index (χ1) is 18.4. The maximum atomic E-state index is 13.5. The Bertz CT molecular complexity index is 1580. The lowest BCUT2D eigenvalue weighted by molar-refractivity contribution is -0.116. The molecular weight excluding hydrogens is 488 g/mol. The second-order valence-corrected chi connectivity index (χ2v) is 8.75. The number of methoxy groups -OCH3 is 2. The van der Waals surface area contributed by atoms with E-state index in [4.69, 9.17) is 18.9 Å². The lowest BCUT2D eigenvalue weighted by Crippen LogP contribution is -2.24. The van der Waals surface area contributed by atoms with Gasteiger partial charge in [0.05, 0.1) is 30.7 Å². The molecule has 2 heterocycles. The van der Waals surface area contributed by atoms with Crippen molar-refractivity contribution in [2.24, 2.45) is 0 Å². The first-order valence-corrected chi connectivity index (χ1v) is 12.0. The number of carbonyl (C=O) groups excluding carboxylic acids is 2. The zero-order chi connectivity index (χ0) is 26.8. The molecule has 38 heavy (non-hydrogen) atoms. The molecule has 0 radical (unpaired) electrons. The SMILES string of the molecule is CCc1ccc(C(=O)c2cn(CC(=O)Nc3cc(OC)cc(OC)c3)c3cc4c(cc3c2=O)OCO4)cc1. The zero-order valence-electron chi connectivity index (χ0n) is 21.2. The summed E-state index contributed by atoms with van der Waals surface area (Å²) in [7, 11) is 3.04. The van der Waals surface area contributed by atoms with Crippen LogP contribution in [0.4, 0.5) is 5.69 Å². The monoisotopic (exact) mass is 514 g/mol. The number of pyridine rings is 1. The Morgan fingerprint density at radius 3 is 2.24 bits per heavy atom. The fourth-order valence-electron chi connectivity index (χ4n) is 4.35. The highest BCUT2D eigenvalue weighted by Crippen LogP contribution is 2.35. The first kappa shape index (κ1) is 24.9. The summed E-state index contributed by atoms with van der Waals surface area (Å²) in [4.78, 5) is 40.0. The largest absolute Gasteiger partial charge is 0.497 e. The maximum absolute atomic E-state index is 13.5. The van der Waals surface area contributed by atoms with E-state index in [-0.39, 0.29) is 30.2 Å². The van der Waals surface area contributed by atoms with Crippen molar-refractivity contribution < 1.29 is 28.5 Å². The molecule has 0 aliphatic carbocycles. The Hall–Kier alpha value is -4.79. The van der Waals surface area contributed by atoms with Crippen LogP contribution in [0, 0.1) is 0 Å². The smallest absolute Gasteiger partial charge is 0.244 e. The number of nitrogens with one attached hydrogen (secondary N) is 1. The van der Waals surface area contributed by atoms with E-state index < -0.39 is 11.2 Å². The summed E-state index contributed by atoms with van der Waals surface area (Å²) in [5.74, 6) is 1.09. The van der Waals surface area contributed by atoms with Gasteiger partial charge in [-0.1, -0.05) is 31.2 Å². The fraction of sp³-hybridized carbons (Fsp3) is 0.207. The van der Waals surface area contributed by atoms with Crippen molar-refractivity contribution in [2.45, 2.75) is 19.9 Å². The molecule has 0 saturated heterocycles. The number of fused-ring (bicyclic) bond motifs is 2. The molecule has 0 unspecified atom stereocenters. The summed E-state index contributed by atoms with van der Waals surface area (Å²) in [6.07, 6.45) is 2.26. The molecule has 0 saturated carbocycles. The Balaban J connectivity index is 1.55. The van der Waals surface area contributed by atoms with Crippen LogP contribution in [0.2, 0.25) is 0 Å². The molecule has 194 valence electrons. The fourth-order valence-corrected chi connectivity index (χ4v) is 4.35.